The van der Waals surface area contributed by atoms with Gasteiger partial charge in [0, 0.05) is 27.2 Å². The fraction of sp³-hybridized carbons (Fsp3) is 0.316. The van der Waals surface area contributed by atoms with Crippen molar-refractivity contribution in [2.75, 3.05) is 19.8 Å². The first-order chi connectivity index (χ1) is 12.6. The average molecular weight is 396 g/mol. The minimum Gasteiger partial charge on any atom is -0.491 e. The van der Waals surface area contributed by atoms with Crippen LogP contribution in [0.2, 0.25) is 10.0 Å². The minimum atomic E-state index is -0.277. The summed E-state index contributed by atoms with van der Waals surface area (Å²) in [7, 11) is 0. The lowest BCUT2D eigenvalue weighted by atomic mass is 10.1. The van der Waals surface area contributed by atoms with Gasteiger partial charge in [0.1, 0.15) is 24.7 Å². The molecule has 1 atom stereocenters. The van der Waals surface area contributed by atoms with Gasteiger partial charge in [-0.3, -0.25) is 10.1 Å². The second-order valence-electron chi connectivity index (χ2n) is 5.77. The van der Waals surface area contributed by atoms with Crippen LogP contribution in [0, 0.1) is 0 Å². The Morgan fingerprint density at radius 1 is 1.27 bits per heavy atom. The summed E-state index contributed by atoms with van der Waals surface area (Å²) in [5, 5.41) is 4.30. The van der Waals surface area contributed by atoms with Crippen molar-refractivity contribution in [2.24, 2.45) is 0 Å². The van der Waals surface area contributed by atoms with Gasteiger partial charge in [-0.05, 0) is 31.2 Å². The van der Waals surface area contributed by atoms with Gasteiger partial charge in [0.25, 0.3) is 0 Å². The third-order valence-corrected chi connectivity index (χ3v) is 4.56. The van der Waals surface area contributed by atoms with Crippen molar-refractivity contribution < 1.29 is 19.0 Å². The van der Waals surface area contributed by atoms with Crippen molar-refractivity contribution in [3.8, 4) is 11.5 Å². The number of ether oxygens (including phenoxy) is 3. The lowest BCUT2D eigenvalue weighted by molar-refractivity contribution is -0.142. The van der Waals surface area contributed by atoms with E-state index in [4.69, 9.17) is 37.4 Å². The first-order valence-electron chi connectivity index (χ1n) is 8.29. The maximum atomic E-state index is 11.5. The van der Waals surface area contributed by atoms with Crippen molar-refractivity contribution in [3.63, 3.8) is 0 Å². The highest BCUT2D eigenvalue weighted by molar-refractivity contribution is 6.35. The minimum absolute atomic E-state index is 0.0471. The van der Waals surface area contributed by atoms with Gasteiger partial charge >= 0.3 is 5.97 Å². The van der Waals surface area contributed by atoms with Crippen LogP contribution in [-0.4, -0.2) is 25.7 Å². The second-order valence-corrected chi connectivity index (χ2v) is 6.62. The maximum Gasteiger partial charge on any atom is 0.319 e. The Kier molecular flexibility index (Phi) is 6.25. The highest BCUT2D eigenvalue weighted by Crippen LogP contribution is 2.35. The molecule has 1 aliphatic rings. The zero-order chi connectivity index (χ0) is 18.5. The van der Waals surface area contributed by atoms with Gasteiger partial charge in [-0.2, -0.15) is 0 Å². The SMILES string of the molecule is CCOC(=O)CNC1COc2cc(OCc3ccc(Cl)cc3Cl)ccc21. The molecule has 1 N–H and O–H groups in total. The van der Waals surface area contributed by atoms with Gasteiger partial charge in [0.15, 0.2) is 0 Å². The van der Waals surface area contributed by atoms with E-state index in [1.165, 1.54) is 0 Å². The van der Waals surface area contributed by atoms with Gasteiger partial charge in [-0.15, -0.1) is 0 Å². The van der Waals surface area contributed by atoms with Gasteiger partial charge < -0.3 is 14.2 Å². The number of benzene rings is 2. The number of hydrogen-bond acceptors (Lipinski definition) is 5. The number of esters is 1. The van der Waals surface area contributed by atoms with Crippen LogP contribution in [0.15, 0.2) is 36.4 Å². The van der Waals surface area contributed by atoms with Crippen LogP contribution in [0.1, 0.15) is 24.1 Å². The fourth-order valence-corrected chi connectivity index (χ4v) is 3.13. The molecule has 1 unspecified atom stereocenters. The topological polar surface area (TPSA) is 56.8 Å². The van der Waals surface area contributed by atoms with E-state index in [9.17, 15) is 4.79 Å². The van der Waals surface area contributed by atoms with E-state index in [1.807, 2.05) is 24.3 Å². The Morgan fingerprint density at radius 3 is 2.88 bits per heavy atom. The van der Waals surface area contributed by atoms with Crippen molar-refractivity contribution in [1.82, 2.24) is 5.32 Å². The van der Waals surface area contributed by atoms with Gasteiger partial charge in [-0.1, -0.05) is 29.3 Å². The Labute approximate surface area is 162 Å². The van der Waals surface area contributed by atoms with E-state index in [-0.39, 0.29) is 18.6 Å². The molecule has 2 aromatic rings. The maximum absolute atomic E-state index is 11.5. The van der Waals surface area contributed by atoms with Crippen molar-refractivity contribution in [1.29, 1.82) is 0 Å². The Hall–Kier alpha value is -1.95. The van der Waals surface area contributed by atoms with Crippen molar-refractivity contribution >= 4 is 29.2 Å². The summed E-state index contributed by atoms with van der Waals surface area (Å²) in [6.07, 6.45) is 0. The van der Waals surface area contributed by atoms with E-state index in [0.717, 1.165) is 16.9 Å². The number of nitrogens with one attached hydrogen (secondary N) is 1. The lowest BCUT2D eigenvalue weighted by Gasteiger charge is -2.12. The molecule has 0 bridgehead atoms. The van der Waals surface area contributed by atoms with Crippen LogP contribution < -0.4 is 14.8 Å². The molecule has 0 aliphatic carbocycles. The van der Waals surface area contributed by atoms with Crippen LogP contribution in [0.5, 0.6) is 11.5 Å². The number of carbonyl (C=O) groups excluding carboxylic acids is 1. The molecule has 1 heterocycles. The zero-order valence-corrected chi connectivity index (χ0v) is 15.8. The van der Waals surface area contributed by atoms with Gasteiger partial charge in [0.2, 0.25) is 0 Å². The normalized spacial score (nSPS) is 15.3. The predicted octanol–water partition coefficient (Wildman–Crippen LogP) is 4.16. The van der Waals surface area contributed by atoms with E-state index in [1.54, 1.807) is 19.1 Å². The Morgan fingerprint density at radius 2 is 2.12 bits per heavy atom. The average Bonchev–Trinajstić information content (AvgIpc) is 3.02. The largest absolute Gasteiger partial charge is 0.491 e. The standard InChI is InChI=1S/C19H19Cl2NO4/c1-2-24-19(23)9-22-17-11-26-18-8-14(5-6-15(17)18)25-10-12-3-4-13(20)7-16(12)21/h3-8,17,22H,2,9-11H2,1H3. The van der Waals surface area contributed by atoms with E-state index < -0.39 is 0 Å². The molecule has 0 radical (unpaired) electrons. The molecule has 5 nitrogen and oxygen atoms in total. The monoisotopic (exact) mass is 395 g/mol. The molecule has 0 amide bonds. The highest BCUT2D eigenvalue weighted by Gasteiger charge is 2.25. The molecule has 3 rings (SSSR count). The smallest absolute Gasteiger partial charge is 0.319 e. The van der Waals surface area contributed by atoms with Crippen LogP contribution in [0.25, 0.3) is 0 Å². The van der Waals surface area contributed by atoms with Crippen LogP contribution in [-0.2, 0) is 16.1 Å². The number of fused-ring (bicyclic) bond motifs is 1. The molecule has 0 fully saturated rings. The van der Waals surface area contributed by atoms with Crippen LogP contribution >= 0.6 is 23.2 Å². The summed E-state index contributed by atoms with van der Waals surface area (Å²) in [5.41, 5.74) is 1.85. The number of halogens is 2. The van der Waals surface area contributed by atoms with Gasteiger partial charge in [0.05, 0.1) is 19.2 Å². The predicted molar refractivity (Wildman–Crippen MR) is 100 cm³/mol. The summed E-state index contributed by atoms with van der Waals surface area (Å²) < 4.78 is 16.4. The van der Waals surface area contributed by atoms with Crippen LogP contribution in [0.4, 0.5) is 0 Å². The highest BCUT2D eigenvalue weighted by atomic mass is 35.5. The summed E-state index contributed by atoms with van der Waals surface area (Å²) >= 11 is 12.1. The molecular formula is C19H19Cl2NO4. The fourth-order valence-electron chi connectivity index (χ4n) is 2.67. The van der Waals surface area contributed by atoms with E-state index >= 15 is 0 Å². The Bertz CT molecular complexity index is 797. The zero-order valence-electron chi connectivity index (χ0n) is 14.3. The quantitative estimate of drug-likeness (QED) is 0.713. The molecule has 2 aromatic carbocycles. The molecule has 26 heavy (non-hydrogen) atoms. The molecule has 0 saturated carbocycles. The van der Waals surface area contributed by atoms with Crippen molar-refractivity contribution in [3.05, 3.63) is 57.6 Å². The summed E-state index contributed by atoms with van der Waals surface area (Å²) in [4.78, 5) is 11.5. The third-order valence-electron chi connectivity index (χ3n) is 3.97. The van der Waals surface area contributed by atoms with E-state index in [0.29, 0.717) is 35.6 Å². The number of hydrogen-bond donors (Lipinski definition) is 1. The second kappa shape index (κ2) is 8.62. The first kappa shape index (κ1) is 18.8. The molecular weight excluding hydrogens is 377 g/mol. The molecule has 0 aromatic heterocycles. The first-order valence-corrected chi connectivity index (χ1v) is 9.05. The number of rotatable bonds is 7. The lowest BCUT2D eigenvalue weighted by Crippen LogP contribution is -2.29. The van der Waals surface area contributed by atoms with Crippen LogP contribution in [0.3, 0.4) is 0 Å². The molecule has 1 aliphatic heterocycles. The molecule has 7 heteroatoms. The molecule has 0 saturated heterocycles. The van der Waals surface area contributed by atoms with Crippen molar-refractivity contribution in [2.45, 2.75) is 19.6 Å². The summed E-state index contributed by atoms with van der Waals surface area (Å²) in [6, 6.07) is 10.9. The van der Waals surface area contributed by atoms with E-state index in [2.05, 4.69) is 5.32 Å². The van der Waals surface area contributed by atoms with Gasteiger partial charge in [-0.25, -0.2) is 0 Å². The number of carbonyl (C=O) groups is 1. The summed E-state index contributed by atoms with van der Waals surface area (Å²) in [6.45, 7) is 3.09. The third kappa shape index (κ3) is 4.61. The molecule has 0 spiro atoms. The molecule has 138 valence electrons. The summed E-state index contributed by atoms with van der Waals surface area (Å²) in [5.74, 6) is 1.15. The Balaban J connectivity index is 1.60.